The molecule has 21 heavy (non-hydrogen) atoms. The van der Waals surface area contributed by atoms with Crippen LogP contribution in [0, 0.1) is 6.92 Å². The van der Waals surface area contributed by atoms with E-state index in [0.717, 1.165) is 36.5 Å². The lowest BCUT2D eigenvalue weighted by Gasteiger charge is -2.16. The van der Waals surface area contributed by atoms with Gasteiger partial charge in [-0.15, -0.1) is 0 Å². The first-order chi connectivity index (χ1) is 10.1. The number of rotatable bonds is 6. The number of hydrogen-bond donors (Lipinski definition) is 2. The predicted molar refractivity (Wildman–Crippen MR) is 89.1 cm³/mol. The third-order valence-corrected chi connectivity index (χ3v) is 3.44. The van der Waals surface area contributed by atoms with Gasteiger partial charge in [0.2, 0.25) is 0 Å². The minimum atomic E-state index is 0.570. The van der Waals surface area contributed by atoms with Crippen LogP contribution in [0.5, 0.6) is 0 Å². The molecular weight excluding hydrogens is 260 g/mol. The molecule has 4 heteroatoms. The summed E-state index contributed by atoms with van der Waals surface area (Å²) in [5.41, 5.74) is 10.3. The van der Waals surface area contributed by atoms with Gasteiger partial charge in [-0.2, -0.15) is 0 Å². The molecule has 112 valence electrons. The summed E-state index contributed by atoms with van der Waals surface area (Å²) in [7, 11) is 4.11. The molecule has 1 heterocycles. The molecule has 0 fully saturated rings. The van der Waals surface area contributed by atoms with Crippen LogP contribution in [0.4, 0.5) is 5.82 Å². The van der Waals surface area contributed by atoms with E-state index < -0.39 is 0 Å². The first-order valence-electron chi connectivity index (χ1n) is 7.25. The fourth-order valence-electron chi connectivity index (χ4n) is 2.32. The molecule has 3 N–H and O–H groups in total. The number of benzene rings is 1. The highest BCUT2D eigenvalue weighted by Crippen LogP contribution is 2.20. The summed E-state index contributed by atoms with van der Waals surface area (Å²) in [6, 6.07) is 12.5. The van der Waals surface area contributed by atoms with Gasteiger partial charge < -0.3 is 16.0 Å². The van der Waals surface area contributed by atoms with Crippen LogP contribution in [0.25, 0.3) is 11.3 Å². The van der Waals surface area contributed by atoms with Gasteiger partial charge in [0.15, 0.2) is 0 Å². The number of aryl methyl sites for hydroxylation is 1. The molecule has 0 spiro atoms. The number of nitrogens with one attached hydrogen (secondary N) is 1. The fourth-order valence-corrected chi connectivity index (χ4v) is 2.32. The van der Waals surface area contributed by atoms with Crippen molar-refractivity contribution in [1.82, 2.24) is 15.2 Å². The summed E-state index contributed by atoms with van der Waals surface area (Å²) in [6.07, 6.45) is 0. The third kappa shape index (κ3) is 4.55. The Labute approximate surface area is 127 Å². The zero-order valence-corrected chi connectivity index (χ0v) is 13.1. The summed E-state index contributed by atoms with van der Waals surface area (Å²) in [5, 5.41) is 3.16. The molecule has 0 bridgehead atoms. The van der Waals surface area contributed by atoms with Crippen molar-refractivity contribution in [3.05, 3.63) is 47.5 Å². The largest absolute Gasteiger partial charge is 0.384 e. The zero-order valence-electron chi connectivity index (χ0n) is 13.1. The maximum absolute atomic E-state index is 5.82. The Balaban J connectivity index is 2.08. The molecule has 0 unspecified atom stereocenters. The number of pyridine rings is 1. The van der Waals surface area contributed by atoms with E-state index in [-0.39, 0.29) is 0 Å². The van der Waals surface area contributed by atoms with Crippen LogP contribution in [-0.4, -0.2) is 37.1 Å². The summed E-state index contributed by atoms with van der Waals surface area (Å²) < 4.78 is 0. The molecule has 4 nitrogen and oxygen atoms in total. The Kier molecular flexibility index (Phi) is 5.31. The van der Waals surface area contributed by atoms with Gasteiger partial charge >= 0.3 is 0 Å². The van der Waals surface area contributed by atoms with Crippen molar-refractivity contribution < 1.29 is 0 Å². The maximum Gasteiger partial charge on any atom is 0.124 e. The first-order valence-corrected chi connectivity index (χ1v) is 7.25. The van der Waals surface area contributed by atoms with Crippen LogP contribution in [0.1, 0.15) is 11.1 Å². The van der Waals surface area contributed by atoms with E-state index >= 15 is 0 Å². The maximum atomic E-state index is 5.82. The lowest BCUT2D eigenvalue weighted by molar-refractivity contribution is 0.328. The van der Waals surface area contributed by atoms with Gasteiger partial charge in [0, 0.05) is 25.2 Å². The van der Waals surface area contributed by atoms with Crippen molar-refractivity contribution in [1.29, 1.82) is 0 Å². The van der Waals surface area contributed by atoms with E-state index in [0.29, 0.717) is 5.82 Å². The van der Waals surface area contributed by atoms with E-state index in [4.69, 9.17) is 5.73 Å². The summed E-state index contributed by atoms with van der Waals surface area (Å²) in [5.74, 6) is 0.570. The van der Waals surface area contributed by atoms with Crippen LogP contribution < -0.4 is 11.1 Å². The molecule has 0 aliphatic heterocycles. The summed E-state index contributed by atoms with van der Waals surface area (Å²) >= 11 is 0. The number of nitrogens with zero attached hydrogens (tertiary/aromatic N) is 2. The van der Waals surface area contributed by atoms with Crippen LogP contribution in [0.3, 0.4) is 0 Å². The Hall–Kier alpha value is -1.91. The SMILES string of the molecule is CNCCN(C)Cc1ccc(-c2cc(C)cc(N)n2)cc1. The number of aromatic nitrogens is 1. The van der Waals surface area contributed by atoms with Gasteiger partial charge in [-0.1, -0.05) is 24.3 Å². The second-order valence-electron chi connectivity index (χ2n) is 5.49. The summed E-state index contributed by atoms with van der Waals surface area (Å²) in [6.45, 7) is 5.02. The molecule has 0 aliphatic carbocycles. The van der Waals surface area contributed by atoms with Crippen molar-refractivity contribution in [2.45, 2.75) is 13.5 Å². The van der Waals surface area contributed by atoms with Crippen molar-refractivity contribution in [3.63, 3.8) is 0 Å². The second kappa shape index (κ2) is 7.20. The minimum Gasteiger partial charge on any atom is -0.384 e. The molecular formula is C17H24N4. The minimum absolute atomic E-state index is 0.570. The van der Waals surface area contributed by atoms with E-state index in [9.17, 15) is 0 Å². The van der Waals surface area contributed by atoms with Crippen molar-refractivity contribution in [2.24, 2.45) is 0 Å². The number of nitrogen functional groups attached to an aromatic ring is 1. The molecule has 0 atom stereocenters. The van der Waals surface area contributed by atoms with Crippen LogP contribution in [0.15, 0.2) is 36.4 Å². The number of anilines is 1. The van der Waals surface area contributed by atoms with Crippen molar-refractivity contribution in [2.75, 3.05) is 32.9 Å². The van der Waals surface area contributed by atoms with Crippen molar-refractivity contribution in [3.8, 4) is 11.3 Å². The highest BCUT2D eigenvalue weighted by atomic mass is 15.1. The molecule has 2 aromatic rings. The summed E-state index contributed by atoms with van der Waals surface area (Å²) in [4.78, 5) is 6.69. The normalized spacial score (nSPS) is 11.0. The molecule has 0 aliphatic rings. The van der Waals surface area contributed by atoms with Gasteiger partial charge in [-0.3, -0.25) is 0 Å². The molecule has 1 aromatic carbocycles. The zero-order chi connectivity index (χ0) is 15.2. The van der Waals surface area contributed by atoms with Crippen molar-refractivity contribution >= 4 is 5.82 Å². The van der Waals surface area contributed by atoms with E-state index in [1.807, 2.05) is 20.0 Å². The number of hydrogen-bond acceptors (Lipinski definition) is 4. The predicted octanol–water partition coefficient (Wildman–Crippen LogP) is 2.29. The number of nitrogens with two attached hydrogens (primary N) is 1. The van der Waals surface area contributed by atoms with E-state index in [1.165, 1.54) is 5.56 Å². The van der Waals surface area contributed by atoms with Gasteiger partial charge in [0.1, 0.15) is 5.82 Å². The molecule has 0 saturated heterocycles. The highest BCUT2D eigenvalue weighted by Gasteiger charge is 2.04. The molecule has 1 aromatic heterocycles. The fraction of sp³-hybridized carbons (Fsp3) is 0.353. The molecule has 0 amide bonds. The standard InChI is InChI=1S/C17H24N4/c1-13-10-16(20-17(18)11-13)15-6-4-14(5-7-15)12-21(3)9-8-19-2/h4-7,10-11,19H,8-9,12H2,1-3H3,(H2,18,20). The Bertz CT molecular complexity index is 558. The van der Waals surface area contributed by atoms with E-state index in [1.54, 1.807) is 0 Å². The first kappa shape index (κ1) is 15.5. The van der Waals surface area contributed by atoms with E-state index in [2.05, 4.69) is 52.6 Å². The smallest absolute Gasteiger partial charge is 0.124 e. The Morgan fingerprint density at radius 1 is 1.19 bits per heavy atom. The average molecular weight is 284 g/mol. The lowest BCUT2D eigenvalue weighted by atomic mass is 10.1. The van der Waals surface area contributed by atoms with Gasteiger partial charge in [0.25, 0.3) is 0 Å². The lowest BCUT2D eigenvalue weighted by Crippen LogP contribution is -2.26. The topological polar surface area (TPSA) is 54.2 Å². The molecule has 0 saturated carbocycles. The Morgan fingerprint density at radius 2 is 1.90 bits per heavy atom. The molecule has 2 rings (SSSR count). The Morgan fingerprint density at radius 3 is 2.52 bits per heavy atom. The van der Waals surface area contributed by atoms with Crippen LogP contribution in [0.2, 0.25) is 0 Å². The van der Waals surface area contributed by atoms with Gasteiger partial charge in [-0.05, 0) is 44.3 Å². The number of likely N-dealkylation sites (N-methyl/N-ethyl adjacent to an activating group) is 2. The molecule has 0 radical (unpaired) electrons. The average Bonchev–Trinajstić information content (AvgIpc) is 2.45. The second-order valence-corrected chi connectivity index (χ2v) is 5.49. The highest BCUT2D eigenvalue weighted by molar-refractivity contribution is 5.62. The van der Waals surface area contributed by atoms with Crippen LogP contribution in [-0.2, 0) is 6.54 Å². The monoisotopic (exact) mass is 284 g/mol. The van der Waals surface area contributed by atoms with Gasteiger partial charge in [-0.25, -0.2) is 4.98 Å². The third-order valence-electron chi connectivity index (χ3n) is 3.44. The quantitative estimate of drug-likeness (QED) is 0.854. The van der Waals surface area contributed by atoms with Crippen LogP contribution >= 0.6 is 0 Å². The van der Waals surface area contributed by atoms with Gasteiger partial charge in [0.05, 0.1) is 5.69 Å².